The minimum absolute atomic E-state index is 0.232. The monoisotopic (exact) mass is 418 g/mol. The summed E-state index contributed by atoms with van der Waals surface area (Å²) in [4.78, 5) is 26.9. The van der Waals surface area contributed by atoms with E-state index in [9.17, 15) is 9.59 Å². The summed E-state index contributed by atoms with van der Waals surface area (Å²) in [6.07, 6.45) is 0. The van der Waals surface area contributed by atoms with Gasteiger partial charge in [-0.15, -0.1) is 0 Å². The predicted octanol–water partition coefficient (Wildman–Crippen LogP) is 4.86. The number of hydrogen-bond acceptors (Lipinski definition) is 5. The first-order valence-corrected chi connectivity index (χ1v) is 10.6. The van der Waals surface area contributed by atoms with Gasteiger partial charge in [-0.05, 0) is 55.5 Å². The summed E-state index contributed by atoms with van der Waals surface area (Å²) >= 11 is 0. The molecule has 6 heteroatoms. The highest BCUT2D eigenvalue weighted by Crippen LogP contribution is 2.44. The van der Waals surface area contributed by atoms with E-state index in [1.807, 2.05) is 36.4 Å². The van der Waals surface area contributed by atoms with Crippen LogP contribution in [0, 0.1) is 0 Å². The van der Waals surface area contributed by atoms with Gasteiger partial charge in [-0.1, -0.05) is 30.8 Å². The molecule has 0 atom stereocenters. The Balaban J connectivity index is 1.54. The SMILES string of the molecule is C=C(C)C(=O)OCC(=O)Oc1ccc([S+]2c3ccccc3Nc3ccccc32)cc1. The smallest absolute Gasteiger partial charge is 0.349 e. The number of nitrogens with one attached hydrogen (secondary N) is 1. The Labute approximate surface area is 177 Å². The molecule has 0 spiro atoms. The number of esters is 2. The van der Waals surface area contributed by atoms with Crippen LogP contribution in [0.25, 0.3) is 0 Å². The molecular weight excluding hydrogens is 398 g/mol. The zero-order valence-electron chi connectivity index (χ0n) is 16.4. The fourth-order valence-corrected chi connectivity index (χ4v) is 5.33. The molecule has 4 rings (SSSR count). The van der Waals surface area contributed by atoms with Crippen LogP contribution in [0.15, 0.2) is 99.6 Å². The van der Waals surface area contributed by atoms with E-state index in [-0.39, 0.29) is 16.5 Å². The number of carbonyl (C=O) groups excluding carboxylic acids is 2. The molecule has 0 radical (unpaired) electrons. The van der Waals surface area contributed by atoms with Crippen LogP contribution >= 0.6 is 0 Å². The van der Waals surface area contributed by atoms with Gasteiger partial charge >= 0.3 is 11.9 Å². The average molecular weight is 418 g/mol. The van der Waals surface area contributed by atoms with E-state index in [1.54, 1.807) is 12.1 Å². The molecule has 1 aliphatic heterocycles. The number of carbonyl (C=O) groups is 2. The number of hydrogen-bond donors (Lipinski definition) is 1. The Hall–Kier alpha value is -3.51. The predicted molar refractivity (Wildman–Crippen MR) is 116 cm³/mol. The Kier molecular flexibility index (Phi) is 5.59. The molecule has 0 bridgehead atoms. The second-order valence-corrected chi connectivity index (χ2v) is 8.69. The Morgan fingerprint density at radius 2 is 1.47 bits per heavy atom. The molecule has 1 aliphatic rings. The average Bonchev–Trinajstić information content (AvgIpc) is 2.76. The molecule has 0 unspecified atom stereocenters. The number of rotatable bonds is 5. The van der Waals surface area contributed by atoms with Crippen LogP contribution < -0.4 is 10.1 Å². The number of benzene rings is 3. The third kappa shape index (κ3) is 4.09. The Bertz CT molecular complexity index is 1080. The molecular formula is C24H20NO4S+. The molecule has 1 N–H and O–H groups in total. The fourth-order valence-electron chi connectivity index (χ4n) is 3.07. The highest BCUT2D eigenvalue weighted by Gasteiger charge is 2.37. The van der Waals surface area contributed by atoms with E-state index in [0.717, 1.165) is 16.3 Å². The quantitative estimate of drug-likeness (QED) is 0.217. The van der Waals surface area contributed by atoms with Crippen LogP contribution in [0.1, 0.15) is 6.92 Å². The van der Waals surface area contributed by atoms with Gasteiger partial charge in [-0.2, -0.15) is 0 Å². The Morgan fingerprint density at radius 1 is 0.900 bits per heavy atom. The summed E-state index contributed by atoms with van der Waals surface area (Å²) in [6, 6.07) is 24.0. The maximum absolute atomic E-state index is 11.9. The van der Waals surface area contributed by atoms with Crippen molar-refractivity contribution in [1.29, 1.82) is 0 Å². The number of anilines is 2. The molecule has 3 aromatic rings. The van der Waals surface area contributed by atoms with Gasteiger partial charge in [-0.25, -0.2) is 9.59 Å². The van der Waals surface area contributed by atoms with Gasteiger partial charge in [0, 0.05) is 5.57 Å². The molecule has 30 heavy (non-hydrogen) atoms. The number of ether oxygens (including phenoxy) is 2. The lowest BCUT2D eigenvalue weighted by Gasteiger charge is -2.20. The van der Waals surface area contributed by atoms with Gasteiger partial charge in [0.1, 0.15) is 16.6 Å². The van der Waals surface area contributed by atoms with Crippen molar-refractivity contribution in [3.63, 3.8) is 0 Å². The van der Waals surface area contributed by atoms with Crippen molar-refractivity contribution >= 4 is 34.2 Å². The van der Waals surface area contributed by atoms with Crippen LogP contribution in [0.2, 0.25) is 0 Å². The van der Waals surface area contributed by atoms with Crippen molar-refractivity contribution in [2.75, 3.05) is 11.9 Å². The van der Waals surface area contributed by atoms with Gasteiger partial charge in [0.05, 0.1) is 11.4 Å². The zero-order valence-corrected chi connectivity index (χ0v) is 17.2. The van der Waals surface area contributed by atoms with E-state index < -0.39 is 18.5 Å². The highest BCUT2D eigenvalue weighted by atomic mass is 32.2. The van der Waals surface area contributed by atoms with Gasteiger partial charge in [-0.3, -0.25) is 0 Å². The number of para-hydroxylation sites is 2. The van der Waals surface area contributed by atoms with E-state index >= 15 is 0 Å². The second kappa shape index (κ2) is 8.47. The van der Waals surface area contributed by atoms with E-state index in [0.29, 0.717) is 5.75 Å². The molecule has 0 saturated carbocycles. The van der Waals surface area contributed by atoms with Crippen molar-refractivity contribution in [1.82, 2.24) is 0 Å². The van der Waals surface area contributed by atoms with Gasteiger partial charge in [0.15, 0.2) is 21.3 Å². The molecule has 3 aromatic carbocycles. The van der Waals surface area contributed by atoms with E-state index in [4.69, 9.17) is 9.47 Å². The van der Waals surface area contributed by atoms with Crippen LogP contribution in [-0.2, 0) is 25.2 Å². The molecule has 0 aliphatic carbocycles. The first-order chi connectivity index (χ1) is 14.5. The lowest BCUT2D eigenvalue weighted by molar-refractivity contribution is -0.150. The minimum Gasteiger partial charge on any atom is -0.450 e. The molecule has 1 heterocycles. The maximum atomic E-state index is 11.9. The maximum Gasteiger partial charge on any atom is 0.349 e. The second-order valence-electron chi connectivity index (χ2n) is 6.73. The summed E-state index contributed by atoms with van der Waals surface area (Å²) in [7, 11) is -0.276. The standard InChI is InChI=1S/C24H20NO4S/c1-16(2)24(27)28-15-23(26)29-17-11-13-18(14-12-17)30-21-9-5-3-7-19(21)25-20-8-4-6-10-22(20)30/h3-14,25H,1,15H2,2H3/q+1. The van der Waals surface area contributed by atoms with Crippen LogP contribution in [0.5, 0.6) is 5.75 Å². The first kappa shape index (κ1) is 19.8. The van der Waals surface area contributed by atoms with E-state index in [2.05, 4.69) is 36.2 Å². The normalized spacial score (nSPS) is 12.2. The molecule has 0 aromatic heterocycles. The van der Waals surface area contributed by atoms with Crippen molar-refractivity contribution < 1.29 is 19.1 Å². The zero-order chi connectivity index (χ0) is 21.1. The summed E-state index contributed by atoms with van der Waals surface area (Å²) in [5, 5.41) is 3.50. The van der Waals surface area contributed by atoms with E-state index in [1.165, 1.54) is 16.7 Å². The number of fused-ring (bicyclic) bond motifs is 2. The van der Waals surface area contributed by atoms with Crippen molar-refractivity contribution in [2.45, 2.75) is 21.6 Å². The lowest BCUT2D eigenvalue weighted by atomic mass is 10.2. The first-order valence-electron chi connectivity index (χ1n) is 9.35. The van der Waals surface area contributed by atoms with Gasteiger partial charge in [0.2, 0.25) is 0 Å². The lowest BCUT2D eigenvalue weighted by Crippen LogP contribution is -2.19. The largest absolute Gasteiger partial charge is 0.450 e. The van der Waals surface area contributed by atoms with Crippen molar-refractivity contribution in [3.8, 4) is 5.75 Å². The van der Waals surface area contributed by atoms with Crippen LogP contribution in [-0.4, -0.2) is 18.5 Å². The third-order valence-electron chi connectivity index (χ3n) is 4.44. The third-order valence-corrected chi connectivity index (χ3v) is 6.78. The molecule has 0 amide bonds. The van der Waals surface area contributed by atoms with Crippen molar-refractivity contribution in [2.24, 2.45) is 0 Å². The van der Waals surface area contributed by atoms with Crippen LogP contribution in [0.4, 0.5) is 11.4 Å². The summed E-state index contributed by atoms with van der Waals surface area (Å²) in [5.41, 5.74) is 2.42. The van der Waals surface area contributed by atoms with Crippen LogP contribution in [0.3, 0.4) is 0 Å². The molecule has 5 nitrogen and oxygen atoms in total. The topological polar surface area (TPSA) is 64.6 Å². The highest BCUT2D eigenvalue weighted by molar-refractivity contribution is 7.97. The minimum atomic E-state index is -0.641. The van der Waals surface area contributed by atoms with Gasteiger partial charge < -0.3 is 14.8 Å². The fraction of sp³-hybridized carbons (Fsp3) is 0.0833. The molecule has 0 saturated heterocycles. The summed E-state index contributed by atoms with van der Waals surface area (Å²) in [6.45, 7) is 4.54. The molecule has 0 fully saturated rings. The summed E-state index contributed by atoms with van der Waals surface area (Å²) in [5.74, 6) is -0.862. The molecule has 150 valence electrons. The van der Waals surface area contributed by atoms with Crippen molar-refractivity contribution in [3.05, 3.63) is 84.9 Å². The summed E-state index contributed by atoms with van der Waals surface area (Å²) < 4.78 is 10.1. The van der Waals surface area contributed by atoms with Gasteiger partial charge in [0.25, 0.3) is 0 Å². The Morgan fingerprint density at radius 3 is 2.03 bits per heavy atom.